The van der Waals surface area contributed by atoms with Gasteiger partial charge in [0.15, 0.2) is 22.0 Å². The highest BCUT2D eigenvalue weighted by molar-refractivity contribution is 7.20. The molecule has 0 spiro atoms. The van der Waals surface area contributed by atoms with Crippen LogP contribution < -0.4 is 41.5 Å². The number of aromatic nitrogens is 2. The van der Waals surface area contributed by atoms with Gasteiger partial charge in [-0.1, -0.05) is 255 Å². The highest BCUT2D eigenvalue weighted by atomic mass is 28.3. The lowest BCUT2D eigenvalue weighted by Gasteiger charge is -2.34. The summed E-state index contributed by atoms with van der Waals surface area (Å²) in [7, 11) is -5.60. The smallest absolute Gasteiger partial charge is 0.179 e. The molecular formula is C59H46N2Si2. The molecule has 1 aromatic heterocycles. The highest BCUT2D eigenvalue weighted by Crippen LogP contribution is 2.29. The molecule has 4 heteroatoms. The van der Waals surface area contributed by atoms with E-state index >= 15 is 0 Å². The van der Waals surface area contributed by atoms with Gasteiger partial charge in [-0.05, 0) is 60.0 Å². The van der Waals surface area contributed by atoms with Crippen LogP contribution in [0, 0.1) is 6.92 Å². The van der Waals surface area contributed by atoms with Crippen LogP contribution in [0.1, 0.15) is 5.56 Å². The molecule has 0 saturated carbocycles. The highest BCUT2D eigenvalue weighted by Gasteiger charge is 2.43. The maximum absolute atomic E-state index is 5.53. The molecule has 0 fully saturated rings. The van der Waals surface area contributed by atoms with E-state index in [1.807, 2.05) is 0 Å². The van der Waals surface area contributed by atoms with Crippen LogP contribution in [0.2, 0.25) is 0 Å². The Morgan fingerprint density at radius 2 is 0.587 bits per heavy atom. The Balaban J connectivity index is 1.21. The predicted octanol–water partition coefficient (Wildman–Crippen LogP) is 8.54. The first kappa shape index (κ1) is 39.6. The van der Waals surface area contributed by atoms with E-state index in [-0.39, 0.29) is 0 Å². The van der Waals surface area contributed by atoms with Gasteiger partial charge in [0.2, 0.25) is 0 Å². The van der Waals surface area contributed by atoms with Crippen LogP contribution in [0.4, 0.5) is 0 Å². The average Bonchev–Trinajstić information content (AvgIpc) is 3.37. The van der Waals surface area contributed by atoms with Crippen molar-refractivity contribution in [3.05, 3.63) is 266 Å². The van der Waals surface area contributed by atoms with Gasteiger partial charge < -0.3 is 0 Å². The minimum atomic E-state index is -2.80. The number of aryl methyl sites for hydroxylation is 1. The molecule has 0 aliphatic carbocycles. The van der Waals surface area contributed by atoms with E-state index in [0.717, 1.165) is 28.1 Å². The number of rotatable bonds is 11. The third-order valence-electron chi connectivity index (χ3n) is 12.5. The van der Waals surface area contributed by atoms with Gasteiger partial charge in [-0.3, -0.25) is 0 Å². The fourth-order valence-electron chi connectivity index (χ4n) is 9.65. The normalized spacial score (nSPS) is 11.6. The maximum Gasteiger partial charge on any atom is 0.179 e. The molecule has 0 amide bonds. The molecule has 10 rings (SSSR count). The second kappa shape index (κ2) is 17.5. The van der Waals surface area contributed by atoms with Crippen LogP contribution in [0.5, 0.6) is 0 Å². The van der Waals surface area contributed by atoms with E-state index in [1.54, 1.807) is 0 Å². The van der Waals surface area contributed by atoms with Gasteiger partial charge in [0.25, 0.3) is 0 Å². The SMILES string of the molecule is Cc1ccccc1-c1cc(-c2cccc([Si](c3ccccc3)(c3ccccc3)c3ccccc3)c2)nc(-c2cccc([Si](c3ccccc3)(c3ccccc3)c3ccccc3)c2)n1. The molecule has 0 N–H and O–H groups in total. The van der Waals surface area contributed by atoms with E-state index in [0.29, 0.717) is 5.82 Å². The summed E-state index contributed by atoms with van der Waals surface area (Å²) in [5, 5.41) is 10.6. The number of hydrogen-bond donors (Lipinski definition) is 0. The molecule has 10 aromatic rings. The Hall–Kier alpha value is -7.51. The van der Waals surface area contributed by atoms with Gasteiger partial charge >= 0.3 is 0 Å². The molecule has 0 saturated heterocycles. The van der Waals surface area contributed by atoms with Crippen molar-refractivity contribution < 1.29 is 0 Å². The van der Waals surface area contributed by atoms with Crippen molar-refractivity contribution in [1.29, 1.82) is 0 Å². The van der Waals surface area contributed by atoms with Gasteiger partial charge in [0.05, 0.1) is 11.4 Å². The number of benzene rings is 9. The molecule has 0 aliphatic rings. The second-order valence-corrected chi connectivity index (χ2v) is 23.8. The minimum Gasteiger partial charge on any atom is -0.228 e. The van der Waals surface area contributed by atoms with E-state index in [1.165, 1.54) is 47.1 Å². The van der Waals surface area contributed by atoms with Gasteiger partial charge in [0, 0.05) is 16.7 Å². The average molecular weight is 839 g/mol. The van der Waals surface area contributed by atoms with Crippen molar-refractivity contribution in [2.75, 3.05) is 0 Å². The number of hydrogen-bond acceptors (Lipinski definition) is 2. The lowest BCUT2D eigenvalue weighted by Crippen LogP contribution is -2.74. The molecular weight excluding hydrogens is 793 g/mol. The molecule has 63 heavy (non-hydrogen) atoms. The zero-order valence-electron chi connectivity index (χ0n) is 35.2. The Morgan fingerprint density at radius 3 is 0.984 bits per heavy atom. The molecule has 0 aliphatic heterocycles. The Morgan fingerprint density at radius 1 is 0.270 bits per heavy atom. The summed E-state index contributed by atoms with van der Waals surface area (Å²) in [6, 6.07) is 95.5. The van der Waals surface area contributed by atoms with Crippen molar-refractivity contribution in [3.63, 3.8) is 0 Å². The summed E-state index contributed by atoms with van der Waals surface area (Å²) >= 11 is 0. The van der Waals surface area contributed by atoms with Crippen molar-refractivity contribution >= 4 is 57.6 Å². The lowest BCUT2D eigenvalue weighted by atomic mass is 10.0. The van der Waals surface area contributed by atoms with Gasteiger partial charge in [-0.15, -0.1) is 0 Å². The monoisotopic (exact) mass is 838 g/mol. The standard InChI is InChI=1S/C59H46N2Si2/c1-45-24-20-21-41-56(45)58-44-57(46-25-22-39-54(42-46)62(48-27-8-2-9-28-48,49-29-10-3-11-30-49)50-31-12-4-13-32-50)60-59(61-58)47-26-23-40-55(43-47)63(51-33-14-5-15-34-51,52-35-16-6-17-36-52)53-37-18-7-19-38-53/h2-44H,1H3. The van der Waals surface area contributed by atoms with Crippen molar-refractivity contribution in [1.82, 2.24) is 9.97 Å². The van der Waals surface area contributed by atoms with Crippen LogP contribution in [0.15, 0.2) is 261 Å². The summed E-state index contributed by atoms with van der Waals surface area (Å²) in [4.78, 5) is 11.0. The summed E-state index contributed by atoms with van der Waals surface area (Å²) in [6.07, 6.45) is 0. The molecule has 2 nitrogen and oxygen atoms in total. The zero-order valence-corrected chi connectivity index (χ0v) is 37.2. The van der Waals surface area contributed by atoms with Gasteiger partial charge in [0.1, 0.15) is 0 Å². The molecule has 1 heterocycles. The minimum absolute atomic E-state index is 0.702. The number of nitrogens with zero attached hydrogens (tertiary/aromatic N) is 2. The second-order valence-electron chi connectivity index (χ2n) is 16.1. The zero-order chi connectivity index (χ0) is 42.5. The lowest BCUT2D eigenvalue weighted by molar-refractivity contribution is 1.18. The van der Waals surface area contributed by atoms with Crippen LogP contribution in [0.25, 0.3) is 33.9 Å². The van der Waals surface area contributed by atoms with E-state index in [9.17, 15) is 0 Å². The van der Waals surface area contributed by atoms with Gasteiger partial charge in [-0.25, -0.2) is 9.97 Å². The molecule has 0 atom stereocenters. The third kappa shape index (κ3) is 7.29. The van der Waals surface area contributed by atoms with Crippen molar-refractivity contribution in [3.8, 4) is 33.9 Å². The summed E-state index contributed by atoms with van der Waals surface area (Å²) in [5.74, 6) is 0.702. The van der Waals surface area contributed by atoms with Crippen LogP contribution in [0.3, 0.4) is 0 Å². The van der Waals surface area contributed by atoms with E-state index in [2.05, 4.69) is 268 Å². The van der Waals surface area contributed by atoms with Crippen LogP contribution in [-0.4, -0.2) is 26.1 Å². The molecule has 0 bridgehead atoms. The first-order valence-electron chi connectivity index (χ1n) is 21.7. The van der Waals surface area contributed by atoms with E-state index in [4.69, 9.17) is 9.97 Å². The van der Waals surface area contributed by atoms with E-state index < -0.39 is 16.1 Å². The molecule has 300 valence electrons. The summed E-state index contributed by atoms with van der Waals surface area (Å²) < 4.78 is 0. The fourth-order valence-corrected chi connectivity index (χ4v) is 19.2. The summed E-state index contributed by atoms with van der Waals surface area (Å²) in [5.41, 5.74) is 6.10. The Bertz CT molecular complexity index is 2720. The summed E-state index contributed by atoms with van der Waals surface area (Å²) in [6.45, 7) is 2.16. The van der Waals surface area contributed by atoms with Crippen LogP contribution >= 0.6 is 0 Å². The molecule has 9 aromatic carbocycles. The Kier molecular flexibility index (Phi) is 11.0. The topological polar surface area (TPSA) is 25.8 Å². The Labute approximate surface area is 373 Å². The first-order valence-corrected chi connectivity index (χ1v) is 25.7. The van der Waals surface area contributed by atoms with Crippen LogP contribution in [-0.2, 0) is 0 Å². The predicted molar refractivity (Wildman–Crippen MR) is 270 cm³/mol. The first-order chi connectivity index (χ1) is 31.2. The largest absolute Gasteiger partial charge is 0.228 e. The fraction of sp³-hybridized carbons (Fsp3) is 0.0169. The third-order valence-corrected chi connectivity index (χ3v) is 22.1. The van der Waals surface area contributed by atoms with Crippen molar-refractivity contribution in [2.24, 2.45) is 0 Å². The maximum atomic E-state index is 5.53. The van der Waals surface area contributed by atoms with Gasteiger partial charge in [-0.2, -0.15) is 0 Å². The molecule has 0 unspecified atom stereocenters. The molecule has 0 radical (unpaired) electrons. The van der Waals surface area contributed by atoms with Crippen molar-refractivity contribution in [2.45, 2.75) is 6.92 Å². The quantitative estimate of drug-likeness (QED) is 0.0965.